The number of hydrogen-bond donors (Lipinski definition) is 1. The van der Waals surface area contributed by atoms with E-state index in [1.54, 1.807) is 18.1 Å². The highest BCUT2D eigenvalue weighted by Gasteiger charge is 2.30. The van der Waals surface area contributed by atoms with Gasteiger partial charge in [-0.2, -0.15) is 5.10 Å². The number of amides is 2. The Bertz CT molecular complexity index is 1080. The van der Waals surface area contributed by atoms with Crippen molar-refractivity contribution in [3.63, 3.8) is 0 Å². The summed E-state index contributed by atoms with van der Waals surface area (Å²) in [5.74, 6) is 0.892. The summed E-state index contributed by atoms with van der Waals surface area (Å²) in [5, 5.41) is 11.2. The minimum Gasteiger partial charge on any atom is -0.361 e. The number of carbonyl (C=O) groups excluding carboxylic acids is 2. The van der Waals surface area contributed by atoms with E-state index in [1.807, 2.05) is 49.1 Å². The molecule has 1 fully saturated rings. The Labute approximate surface area is 193 Å². The first-order valence-electron chi connectivity index (χ1n) is 11.5. The van der Waals surface area contributed by atoms with E-state index in [1.165, 1.54) is 0 Å². The summed E-state index contributed by atoms with van der Waals surface area (Å²) in [5.41, 5.74) is 4.34. The zero-order valence-corrected chi connectivity index (χ0v) is 19.5. The fourth-order valence-electron chi connectivity index (χ4n) is 4.60. The van der Waals surface area contributed by atoms with Gasteiger partial charge >= 0.3 is 0 Å². The molecular weight excluding hydrogens is 418 g/mol. The van der Waals surface area contributed by atoms with Crippen LogP contribution in [0.15, 0.2) is 41.1 Å². The van der Waals surface area contributed by atoms with Crippen molar-refractivity contribution in [1.82, 2.24) is 25.2 Å². The molecule has 2 aromatic heterocycles. The van der Waals surface area contributed by atoms with Gasteiger partial charge in [0.15, 0.2) is 0 Å². The number of hydrogen-bond acceptors (Lipinski definition) is 5. The van der Waals surface area contributed by atoms with Crippen molar-refractivity contribution in [2.24, 2.45) is 0 Å². The van der Waals surface area contributed by atoms with Crippen LogP contribution in [0.1, 0.15) is 63.8 Å². The maximum atomic E-state index is 13.2. The number of benzene rings is 1. The van der Waals surface area contributed by atoms with Gasteiger partial charge in [0, 0.05) is 44.6 Å². The topological polar surface area (TPSA) is 95.3 Å². The molecule has 1 aromatic carbocycles. The number of nitrogens with zero attached hydrogens (tertiary/aromatic N) is 4. The highest BCUT2D eigenvalue weighted by Crippen LogP contribution is 2.29. The van der Waals surface area contributed by atoms with Crippen molar-refractivity contribution >= 4 is 11.8 Å². The highest BCUT2D eigenvalue weighted by molar-refractivity contribution is 5.95. The summed E-state index contributed by atoms with van der Waals surface area (Å²) >= 11 is 0. The van der Waals surface area contributed by atoms with E-state index in [0.29, 0.717) is 31.5 Å². The number of H-pyrrole nitrogens is 1. The molecule has 8 heteroatoms. The summed E-state index contributed by atoms with van der Waals surface area (Å²) in [6, 6.07) is 9.91. The predicted octanol–water partition coefficient (Wildman–Crippen LogP) is 3.63. The number of aryl methyl sites for hydroxylation is 2. The third-order valence-electron chi connectivity index (χ3n) is 6.46. The molecule has 0 spiro atoms. The number of carbonyl (C=O) groups is 2. The van der Waals surface area contributed by atoms with Gasteiger partial charge in [-0.25, -0.2) is 0 Å². The van der Waals surface area contributed by atoms with Gasteiger partial charge in [-0.05, 0) is 38.7 Å². The van der Waals surface area contributed by atoms with Crippen molar-refractivity contribution in [3.05, 3.63) is 70.4 Å². The lowest BCUT2D eigenvalue weighted by atomic mass is 9.92. The molecule has 8 nitrogen and oxygen atoms in total. The maximum absolute atomic E-state index is 13.2. The summed E-state index contributed by atoms with van der Waals surface area (Å²) in [4.78, 5) is 29.7. The van der Waals surface area contributed by atoms with E-state index in [0.717, 1.165) is 47.7 Å². The van der Waals surface area contributed by atoms with Crippen molar-refractivity contribution in [2.75, 3.05) is 20.1 Å². The average Bonchev–Trinajstić information content (AvgIpc) is 3.44. The molecule has 1 saturated heterocycles. The van der Waals surface area contributed by atoms with Crippen LogP contribution in [0.2, 0.25) is 0 Å². The molecule has 1 aliphatic rings. The molecule has 4 rings (SSSR count). The maximum Gasteiger partial charge on any atom is 0.257 e. The van der Waals surface area contributed by atoms with E-state index in [2.05, 4.69) is 15.4 Å². The van der Waals surface area contributed by atoms with Gasteiger partial charge in [0.25, 0.3) is 5.91 Å². The van der Waals surface area contributed by atoms with Gasteiger partial charge < -0.3 is 14.3 Å². The molecular formula is C25H31N5O3. The minimum atomic E-state index is -0.0653. The largest absolute Gasteiger partial charge is 0.361 e. The third kappa shape index (κ3) is 5.16. The number of aromatic nitrogens is 3. The van der Waals surface area contributed by atoms with Crippen LogP contribution < -0.4 is 0 Å². The van der Waals surface area contributed by atoms with Gasteiger partial charge in [-0.3, -0.25) is 14.7 Å². The molecule has 3 aromatic rings. The first-order valence-corrected chi connectivity index (χ1v) is 11.5. The van der Waals surface area contributed by atoms with Crippen LogP contribution in [0.4, 0.5) is 0 Å². The molecule has 0 radical (unpaired) electrons. The van der Waals surface area contributed by atoms with Gasteiger partial charge in [0.05, 0.1) is 23.1 Å². The van der Waals surface area contributed by atoms with Crippen molar-refractivity contribution in [3.8, 4) is 0 Å². The fraction of sp³-hybridized carbons (Fsp3) is 0.440. The Kier molecular flexibility index (Phi) is 6.91. The first-order chi connectivity index (χ1) is 15.9. The number of rotatable bonds is 7. The minimum absolute atomic E-state index is 0.0633. The van der Waals surface area contributed by atoms with E-state index in [9.17, 15) is 9.59 Å². The second-order valence-corrected chi connectivity index (χ2v) is 8.83. The molecule has 0 saturated carbocycles. The highest BCUT2D eigenvalue weighted by atomic mass is 16.5. The van der Waals surface area contributed by atoms with Gasteiger partial charge in [-0.1, -0.05) is 35.5 Å². The van der Waals surface area contributed by atoms with Gasteiger partial charge in [-0.15, -0.1) is 0 Å². The Hall–Kier alpha value is -3.42. The quantitative estimate of drug-likeness (QED) is 0.594. The lowest BCUT2D eigenvalue weighted by molar-refractivity contribution is -0.132. The van der Waals surface area contributed by atoms with Crippen LogP contribution in [0.5, 0.6) is 0 Å². The van der Waals surface area contributed by atoms with Crippen molar-refractivity contribution in [2.45, 2.75) is 52.0 Å². The summed E-state index contributed by atoms with van der Waals surface area (Å²) < 4.78 is 5.21. The molecule has 174 valence electrons. The van der Waals surface area contributed by atoms with Crippen LogP contribution in [0.25, 0.3) is 0 Å². The Morgan fingerprint density at radius 2 is 2.03 bits per heavy atom. The fourth-order valence-corrected chi connectivity index (χ4v) is 4.60. The smallest absolute Gasteiger partial charge is 0.257 e. The van der Waals surface area contributed by atoms with E-state index < -0.39 is 0 Å². The summed E-state index contributed by atoms with van der Waals surface area (Å²) in [6.45, 7) is 5.63. The number of nitrogens with one attached hydrogen (secondary N) is 1. The normalized spacial score (nSPS) is 16.1. The molecule has 0 bridgehead atoms. The van der Waals surface area contributed by atoms with Crippen molar-refractivity contribution < 1.29 is 14.1 Å². The molecule has 1 aliphatic heterocycles. The zero-order valence-electron chi connectivity index (χ0n) is 19.5. The number of aromatic amines is 1. The van der Waals surface area contributed by atoms with Gasteiger partial charge in [0.1, 0.15) is 5.76 Å². The van der Waals surface area contributed by atoms with Crippen molar-refractivity contribution in [1.29, 1.82) is 0 Å². The first kappa shape index (κ1) is 22.8. The lowest BCUT2D eigenvalue weighted by Gasteiger charge is -2.33. The Balaban J connectivity index is 1.40. The predicted molar refractivity (Wildman–Crippen MR) is 124 cm³/mol. The average molecular weight is 450 g/mol. The monoisotopic (exact) mass is 449 g/mol. The number of piperidine rings is 1. The zero-order chi connectivity index (χ0) is 23.4. The van der Waals surface area contributed by atoms with Crippen LogP contribution in [-0.2, 0) is 17.8 Å². The lowest BCUT2D eigenvalue weighted by Crippen LogP contribution is -2.40. The van der Waals surface area contributed by atoms with Crippen LogP contribution in [0.3, 0.4) is 0 Å². The Morgan fingerprint density at radius 1 is 1.24 bits per heavy atom. The number of likely N-dealkylation sites (tertiary alicyclic amines) is 1. The molecule has 33 heavy (non-hydrogen) atoms. The third-order valence-corrected chi connectivity index (χ3v) is 6.46. The SMILES string of the molecule is Cc1noc(C)c1CCC(=O)N1CCC[C@H](c2[nH]ncc2C(=O)N(C)Cc2ccccc2)C1. The van der Waals surface area contributed by atoms with E-state index >= 15 is 0 Å². The molecule has 0 unspecified atom stereocenters. The second kappa shape index (κ2) is 10.0. The molecule has 1 atom stereocenters. The van der Waals surface area contributed by atoms with E-state index in [4.69, 9.17) is 4.52 Å². The molecule has 1 N–H and O–H groups in total. The molecule has 2 amide bonds. The van der Waals surface area contributed by atoms with Crippen LogP contribution in [-0.4, -0.2) is 57.1 Å². The Morgan fingerprint density at radius 3 is 2.76 bits per heavy atom. The molecule has 3 heterocycles. The second-order valence-electron chi connectivity index (χ2n) is 8.83. The molecule has 0 aliphatic carbocycles. The van der Waals surface area contributed by atoms with Crippen LogP contribution >= 0.6 is 0 Å². The summed E-state index contributed by atoms with van der Waals surface area (Å²) in [7, 11) is 1.80. The van der Waals surface area contributed by atoms with Gasteiger partial charge in [0.2, 0.25) is 5.91 Å². The van der Waals surface area contributed by atoms with Crippen LogP contribution in [0, 0.1) is 13.8 Å². The standard InChI is InChI=1S/C25H31N5O3/c1-17-21(18(2)33-28-17)11-12-23(31)30-13-7-10-20(16-30)24-22(14-26-27-24)25(32)29(3)15-19-8-5-4-6-9-19/h4-6,8-9,14,20H,7,10-13,15-16H2,1-3H3,(H,26,27)/t20-/m0/s1. The summed E-state index contributed by atoms with van der Waals surface area (Å²) in [6.07, 6.45) is 4.47. The van der Waals surface area contributed by atoms with E-state index in [-0.39, 0.29) is 17.7 Å².